The van der Waals surface area contributed by atoms with E-state index in [4.69, 9.17) is 0 Å². The average molecular weight is 481 g/mol. The third kappa shape index (κ3) is 5.15. The number of carbonyl (C=O) groups is 1. The molecule has 0 bridgehead atoms. The van der Waals surface area contributed by atoms with Gasteiger partial charge in [-0.25, -0.2) is 9.37 Å². The first-order valence-electron chi connectivity index (χ1n) is 8.71. The summed E-state index contributed by atoms with van der Waals surface area (Å²) >= 11 is 2.30. The summed E-state index contributed by atoms with van der Waals surface area (Å²) in [5.74, 6) is -0.175. The molecule has 1 aliphatic rings. The van der Waals surface area contributed by atoms with E-state index in [-0.39, 0.29) is 17.8 Å². The molecule has 0 radical (unpaired) electrons. The summed E-state index contributed by atoms with van der Waals surface area (Å²) in [6.07, 6.45) is 4.14. The predicted molar refractivity (Wildman–Crippen MR) is 113 cm³/mol. The molecule has 8 heteroatoms. The molecule has 1 fully saturated rings. The van der Waals surface area contributed by atoms with E-state index in [9.17, 15) is 9.18 Å². The minimum absolute atomic E-state index is 0.0674. The van der Waals surface area contributed by atoms with Crippen LogP contribution in [0.3, 0.4) is 0 Å². The third-order valence-corrected chi connectivity index (χ3v) is 5.21. The number of hydrogen-bond acceptors (Lipinski definition) is 5. The standard InChI is InChI=1S/C19H21FIN5O/c1-2-17(27)26-8-4-7-15(12-26)23-18-16(20)11-22-19(25-18)24-14-6-3-5-13(9-14)10-21/h2-3,5-6,9,11,15H,1,4,7-8,10,12H2,(H2,22,23,24,25)/t15-/m1/s1. The van der Waals surface area contributed by atoms with Crippen molar-refractivity contribution in [3.63, 3.8) is 0 Å². The number of alkyl halides is 1. The molecule has 1 aromatic carbocycles. The van der Waals surface area contributed by atoms with Crippen LogP contribution in [0, 0.1) is 5.82 Å². The van der Waals surface area contributed by atoms with Crippen LogP contribution in [0.25, 0.3) is 0 Å². The Labute approximate surface area is 171 Å². The molecule has 2 heterocycles. The Hall–Kier alpha value is -2.23. The summed E-state index contributed by atoms with van der Waals surface area (Å²) in [6, 6.07) is 7.84. The second kappa shape index (κ2) is 9.12. The first kappa shape index (κ1) is 19.5. The molecular formula is C19H21FIN5O. The van der Waals surface area contributed by atoms with E-state index < -0.39 is 5.82 Å². The van der Waals surface area contributed by atoms with Gasteiger partial charge < -0.3 is 15.5 Å². The summed E-state index contributed by atoms with van der Waals surface area (Å²) in [7, 11) is 0. The lowest BCUT2D eigenvalue weighted by molar-refractivity contribution is -0.127. The van der Waals surface area contributed by atoms with E-state index >= 15 is 0 Å². The SMILES string of the molecule is C=CC(=O)N1CCC[C@@H](Nc2nc(Nc3cccc(CI)c3)ncc2F)C1. The number of likely N-dealkylation sites (tertiary alicyclic amines) is 1. The van der Waals surface area contributed by atoms with E-state index in [1.165, 1.54) is 11.6 Å². The van der Waals surface area contributed by atoms with Gasteiger partial charge in [-0.1, -0.05) is 41.3 Å². The Morgan fingerprint density at radius 1 is 1.48 bits per heavy atom. The van der Waals surface area contributed by atoms with Crippen molar-refractivity contribution in [3.8, 4) is 0 Å². The minimum Gasteiger partial charge on any atom is -0.363 e. The van der Waals surface area contributed by atoms with Crippen molar-refractivity contribution >= 4 is 46.0 Å². The van der Waals surface area contributed by atoms with Gasteiger partial charge in [0.2, 0.25) is 11.9 Å². The van der Waals surface area contributed by atoms with E-state index in [1.54, 1.807) is 4.90 Å². The van der Waals surface area contributed by atoms with Crippen LogP contribution in [-0.4, -0.2) is 39.9 Å². The summed E-state index contributed by atoms with van der Waals surface area (Å²) < 4.78 is 15.1. The maximum atomic E-state index is 14.2. The molecule has 0 saturated carbocycles. The van der Waals surface area contributed by atoms with Crippen molar-refractivity contribution in [2.24, 2.45) is 0 Å². The second-order valence-corrected chi connectivity index (χ2v) is 7.08. The number of nitrogens with one attached hydrogen (secondary N) is 2. The van der Waals surface area contributed by atoms with E-state index in [0.29, 0.717) is 19.0 Å². The minimum atomic E-state index is -0.520. The van der Waals surface area contributed by atoms with Crippen LogP contribution in [0.1, 0.15) is 18.4 Å². The molecule has 1 amide bonds. The zero-order valence-corrected chi connectivity index (χ0v) is 16.9. The van der Waals surface area contributed by atoms with Gasteiger partial charge in [0.25, 0.3) is 0 Å². The van der Waals surface area contributed by atoms with Crippen LogP contribution in [0.15, 0.2) is 43.1 Å². The number of rotatable bonds is 6. The Morgan fingerprint density at radius 2 is 2.33 bits per heavy atom. The van der Waals surface area contributed by atoms with Crippen LogP contribution in [0.4, 0.5) is 21.8 Å². The number of aromatic nitrogens is 2. The van der Waals surface area contributed by atoms with Gasteiger partial charge in [0.15, 0.2) is 11.6 Å². The first-order valence-corrected chi connectivity index (χ1v) is 10.2. The summed E-state index contributed by atoms with van der Waals surface area (Å²) in [5, 5.41) is 6.22. The van der Waals surface area contributed by atoms with Crippen LogP contribution in [-0.2, 0) is 9.22 Å². The normalized spacial score (nSPS) is 16.7. The van der Waals surface area contributed by atoms with Gasteiger partial charge in [-0.15, -0.1) is 0 Å². The molecule has 0 spiro atoms. The fraction of sp³-hybridized carbons (Fsp3) is 0.316. The third-order valence-electron chi connectivity index (χ3n) is 4.33. The molecule has 142 valence electrons. The highest BCUT2D eigenvalue weighted by atomic mass is 127. The molecule has 6 nitrogen and oxygen atoms in total. The van der Waals surface area contributed by atoms with Crippen LogP contribution in [0.2, 0.25) is 0 Å². The molecule has 1 aromatic heterocycles. The van der Waals surface area contributed by atoms with Gasteiger partial charge in [0.1, 0.15) is 0 Å². The van der Waals surface area contributed by atoms with Crippen molar-refractivity contribution < 1.29 is 9.18 Å². The van der Waals surface area contributed by atoms with Crippen molar-refractivity contribution in [1.82, 2.24) is 14.9 Å². The monoisotopic (exact) mass is 481 g/mol. The molecule has 0 aliphatic carbocycles. The Kier molecular flexibility index (Phi) is 6.59. The number of benzene rings is 1. The number of carbonyl (C=O) groups excluding carboxylic acids is 1. The van der Waals surface area contributed by atoms with Crippen molar-refractivity contribution in [2.75, 3.05) is 23.7 Å². The maximum absolute atomic E-state index is 14.2. The molecular weight excluding hydrogens is 460 g/mol. The molecule has 3 rings (SSSR count). The summed E-state index contributed by atoms with van der Waals surface area (Å²) in [5.41, 5.74) is 2.03. The predicted octanol–water partition coefficient (Wildman–Crippen LogP) is 3.88. The summed E-state index contributed by atoms with van der Waals surface area (Å²) in [4.78, 5) is 21.8. The molecule has 1 aliphatic heterocycles. The Balaban J connectivity index is 1.71. The number of amides is 1. The molecule has 0 unspecified atom stereocenters. The lowest BCUT2D eigenvalue weighted by Gasteiger charge is -2.32. The fourth-order valence-corrected chi connectivity index (χ4v) is 3.48. The highest BCUT2D eigenvalue weighted by Crippen LogP contribution is 2.21. The van der Waals surface area contributed by atoms with Crippen molar-refractivity contribution in [1.29, 1.82) is 0 Å². The zero-order valence-electron chi connectivity index (χ0n) is 14.8. The van der Waals surface area contributed by atoms with E-state index in [2.05, 4.69) is 49.8 Å². The quantitative estimate of drug-likeness (QED) is 0.373. The van der Waals surface area contributed by atoms with Crippen LogP contribution < -0.4 is 10.6 Å². The Bertz CT molecular complexity index is 831. The maximum Gasteiger partial charge on any atom is 0.246 e. The van der Waals surface area contributed by atoms with Crippen molar-refractivity contribution in [2.45, 2.75) is 23.3 Å². The van der Waals surface area contributed by atoms with Gasteiger partial charge in [-0.2, -0.15) is 4.98 Å². The molecule has 2 N–H and O–H groups in total. The highest BCUT2D eigenvalue weighted by Gasteiger charge is 2.23. The lowest BCUT2D eigenvalue weighted by atomic mass is 10.1. The van der Waals surface area contributed by atoms with Gasteiger partial charge in [0, 0.05) is 29.2 Å². The number of piperidine rings is 1. The first-order chi connectivity index (χ1) is 13.1. The largest absolute Gasteiger partial charge is 0.363 e. The molecule has 1 atom stereocenters. The number of anilines is 3. The number of hydrogen-bond donors (Lipinski definition) is 2. The van der Waals surface area contributed by atoms with E-state index in [0.717, 1.165) is 29.2 Å². The number of nitrogens with zero attached hydrogens (tertiary/aromatic N) is 3. The van der Waals surface area contributed by atoms with Gasteiger partial charge in [0.05, 0.1) is 6.20 Å². The van der Waals surface area contributed by atoms with Crippen molar-refractivity contribution in [3.05, 3.63) is 54.5 Å². The zero-order chi connectivity index (χ0) is 19.2. The van der Waals surface area contributed by atoms with Gasteiger partial charge in [-0.3, -0.25) is 4.79 Å². The molecule has 1 saturated heterocycles. The summed E-state index contributed by atoms with van der Waals surface area (Å²) in [6.45, 7) is 4.71. The van der Waals surface area contributed by atoms with Gasteiger partial charge in [-0.05, 0) is 36.6 Å². The van der Waals surface area contributed by atoms with Crippen LogP contribution >= 0.6 is 22.6 Å². The lowest BCUT2D eigenvalue weighted by Crippen LogP contribution is -2.44. The van der Waals surface area contributed by atoms with Gasteiger partial charge >= 0.3 is 0 Å². The number of halogens is 2. The fourth-order valence-electron chi connectivity index (χ4n) is 3.01. The highest BCUT2D eigenvalue weighted by molar-refractivity contribution is 14.1. The van der Waals surface area contributed by atoms with E-state index in [1.807, 2.05) is 24.3 Å². The second-order valence-electron chi connectivity index (χ2n) is 6.32. The molecule has 27 heavy (non-hydrogen) atoms. The smallest absolute Gasteiger partial charge is 0.246 e. The average Bonchev–Trinajstić information content (AvgIpc) is 2.70. The molecule has 2 aromatic rings. The Morgan fingerprint density at radius 3 is 3.11 bits per heavy atom. The topological polar surface area (TPSA) is 70.2 Å². The van der Waals surface area contributed by atoms with Crippen LogP contribution in [0.5, 0.6) is 0 Å².